The summed E-state index contributed by atoms with van der Waals surface area (Å²) >= 11 is 0. The van der Waals surface area contributed by atoms with Gasteiger partial charge in [0.1, 0.15) is 0 Å². The minimum absolute atomic E-state index is 1.15. The van der Waals surface area contributed by atoms with Crippen molar-refractivity contribution in [3.8, 4) is 0 Å². The average Bonchev–Trinajstić information content (AvgIpc) is 1.41. The van der Waals surface area contributed by atoms with Gasteiger partial charge in [0.15, 0.2) is 0 Å². The first-order valence-electron chi connectivity index (χ1n) is 2.02. The van der Waals surface area contributed by atoms with Crippen LogP contribution in [0, 0.1) is 0 Å². The summed E-state index contributed by atoms with van der Waals surface area (Å²) in [6, 6.07) is 0. The van der Waals surface area contributed by atoms with Gasteiger partial charge in [-0.05, 0) is 0 Å². The molecule has 0 fully saturated rings. The van der Waals surface area contributed by atoms with Crippen molar-refractivity contribution in [3.05, 3.63) is 0 Å². The molecule has 0 aliphatic heterocycles. The van der Waals surface area contributed by atoms with Crippen LogP contribution < -0.4 is 0 Å². The van der Waals surface area contributed by atoms with E-state index >= 15 is 0 Å². The Morgan fingerprint density at radius 2 is 2.60 bits per heavy atom. The molecule has 0 aromatic rings. The molecule has 0 unspecified atom stereocenters. The summed E-state index contributed by atoms with van der Waals surface area (Å²) in [6.07, 6.45) is 1.15. The van der Waals surface area contributed by atoms with Crippen molar-refractivity contribution in [2.45, 2.75) is 6.32 Å². The maximum atomic E-state index is 3.55. The topological polar surface area (TPSA) is 0 Å². The molecule has 0 heterocycles. The molecule has 0 rings (SSSR count). The first kappa shape index (κ1) is 5.06. The number of rotatable bonds is 2. The van der Waals surface area contributed by atoms with E-state index in [0.29, 0.717) is 0 Å². The Kier molecular flexibility index (Phi) is 4.12. The van der Waals surface area contributed by atoms with Gasteiger partial charge in [-0.15, -0.1) is 0 Å². The van der Waals surface area contributed by atoms with E-state index in [-0.39, 0.29) is 0 Å². The van der Waals surface area contributed by atoms with Crippen LogP contribution in [0.15, 0.2) is 0 Å². The standard InChI is InChI=1S/C2H7B3/c3-1-2-5-4/h1,3,5H,2,4H2. The van der Waals surface area contributed by atoms with Crippen molar-refractivity contribution in [3.63, 3.8) is 0 Å². The third kappa shape index (κ3) is 4.06. The zero-order valence-electron chi connectivity index (χ0n) is 3.70. The van der Waals surface area contributed by atoms with Gasteiger partial charge in [-0.3, -0.25) is 0 Å². The molecule has 3 heteroatoms. The third-order valence-electron chi connectivity index (χ3n) is 0.493. The Balaban J connectivity index is 2.40. The van der Waals surface area contributed by atoms with Crippen LogP contribution in [0.3, 0.4) is 0 Å². The van der Waals surface area contributed by atoms with Crippen LogP contribution in [0.2, 0.25) is 6.32 Å². The van der Waals surface area contributed by atoms with Crippen molar-refractivity contribution >= 4 is 28.4 Å². The zero-order chi connectivity index (χ0) is 4.12. The summed E-state index contributed by atoms with van der Waals surface area (Å²) in [7, 11) is 6.92. The van der Waals surface area contributed by atoms with Crippen molar-refractivity contribution < 1.29 is 0 Å². The number of hydrogen-bond acceptors (Lipinski definition) is 0. The van der Waals surface area contributed by atoms with Crippen LogP contribution in [0.25, 0.3) is 0 Å². The van der Waals surface area contributed by atoms with Gasteiger partial charge in [0.2, 0.25) is 0 Å². The van der Waals surface area contributed by atoms with Crippen LogP contribution in [0.5, 0.6) is 0 Å². The van der Waals surface area contributed by atoms with E-state index in [1.54, 1.807) is 0 Å². The van der Waals surface area contributed by atoms with E-state index in [0.717, 1.165) is 6.32 Å². The van der Waals surface area contributed by atoms with E-state index < -0.39 is 0 Å². The van der Waals surface area contributed by atoms with Crippen LogP contribution in [0.1, 0.15) is 0 Å². The van der Waals surface area contributed by atoms with Gasteiger partial charge < -0.3 is 0 Å². The van der Waals surface area contributed by atoms with Crippen molar-refractivity contribution in [2.75, 3.05) is 0 Å². The van der Waals surface area contributed by atoms with Gasteiger partial charge in [0, 0.05) is 0 Å². The molecular weight excluding hydrogens is 56.5 g/mol. The monoisotopic (exact) mass is 64.1 g/mol. The Hall–Kier alpha value is 0.0648. The molecule has 0 N–H and O–H groups in total. The molecule has 0 radical (unpaired) electrons. The van der Waals surface area contributed by atoms with Crippen LogP contribution >= 0.6 is 0 Å². The first-order chi connectivity index (χ1) is 2.41. The Labute approximate surface area is 35.7 Å². The molecule has 0 amide bonds. The Morgan fingerprint density at radius 1 is 2.00 bits per heavy atom. The molecule has 0 bridgehead atoms. The zero-order valence-corrected chi connectivity index (χ0v) is 3.70. The summed E-state index contributed by atoms with van der Waals surface area (Å²) in [5, 5.41) is 0. The Bertz CT molecular complexity index is 26.1. The normalized spacial score (nSPS) is 6.20. The maximum absolute atomic E-state index is 3.55. The van der Waals surface area contributed by atoms with Gasteiger partial charge in [-0.25, -0.2) is 0 Å². The molecule has 0 spiro atoms. The summed E-state index contributed by atoms with van der Waals surface area (Å²) in [5.74, 6) is 1.93. The molecule has 5 heavy (non-hydrogen) atoms. The first-order valence-corrected chi connectivity index (χ1v) is 2.02. The van der Waals surface area contributed by atoms with Gasteiger partial charge in [0.05, 0.1) is 0 Å². The van der Waals surface area contributed by atoms with E-state index in [1.165, 1.54) is 7.17 Å². The van der Waals surface area contributed by atoms with E-state index in [1.807, 2.05) is 5.97 Å². The second kappa shape index (κ2) is 4.06. The van der Waals surface area contributed by atoms with Gasteiger partial charge in [-0.1, -0.05) is 0 Å². The van der Waals surface area contributed by atoms with Crippen LogP contribution in [0.4, 0.5) is 0 Å². The quantitative estimate of drug-likeness (QED) is 0.328. The molecule has 0 aliphatic carbocycles. The summed E-state index contributed by atoms with van der Waals surface area (Å²) in [6.45, 7) is 0. The summed E-state index contributed by atoms with van der Waals surface area (Å²) in [4.78, 5) is 0. The molecule has 0 aromatic heterocycles. The molecule has 0 saturated heterocycles. The molecule has 0 aromatic carbocycles. The fourth-order valence-electron chi connectivity index (χ4n) is 0.204. The van der Waals surface area contributed by atoms with Crippen molar-refractivity contribution in [1.29, 1.82) is 0 Å². The summed E-state index contributed by atoms with van der Waals surface area (Å²) in [5.41, 5.74) is 0. The van der Waals surface area contributed by atoms with E-state index in [2.05, 4.69) is 15.2 Å². The molecule has 0 saturated carbocycles. The molecular formula is C2H7B3. The van der Waals surface area contributed by atoms with Gasteiger partial charge in [0.25, 0.3) is 0 Å². The fourth-order valence-corrected chi connectivity index (χ4v) is 0.204. The van der Waals surface area contributed by atoms with E-state index in [4.69, 9.17) is 0 Å². The average molecular weight is 63.5 g/mol. The second-order valence-electron chi connectivity index (χ2n) is 1.08. The predicted octanol–water partition coefficient (Wildman–Crippen LogP) is -1.91. The fraction of sp³-hybridized carbons (Fsp3) is 0.500. The Morgan fingerprint density at radius 3 is 2.60 bits per heavy atom. The second-order valence-corrected chi connectivity index (χ2v) is 1.08. The summed E-state index contributed by atoms with van der Waals surface area (Å²) < 4.78 is 0. The third-order valence-corrected chi connectivity index (χ3v) is 0.493. The molecule has 24 valence electrons. The predicted molar refractivity (Wildman–Crippen MR) is 33.7 cm³/mol. The SMILES string of the molecule is B=CCBB. The van der Waals surface area contributed by atoms with Crippen LogP contribution in [-0.4, -0.2) is 28.4 Å². The minimum atomic E-state index is 1.15. The van der Waals surface area contributed by atoms with Crippen molar-refractivity contribution in [1.82, 2.24) is 0 Å². The molecule has 0 aliphatic rings. The molecule has 0 nitrogen and oxygen atoms in total. The molecule has 0 atom stereocenters. The van der Waals surface area contributed by atoms with Gasteiger partial charge >= 0.3 is 34.7 Å². The number of hydrogen-bond donors (Lipinski definition) is 0. The van der Waals surface area contributed by atoms with Crippen molar-refractivity contribution in [2.24, 2.45) is 0 Å². The van der Waals surface area contributed by atoms with E-state index in [9.17, 15) is 0 Å². The van der Waals surface area contributed by atoms with Crippen LogP contribution in [-0.2, 0) is 0 Å². The van der Waals surface area contributed by atoms with Gasteiger partial charge in [-0.2, -0.15) is 0 Å².